The Morgan fingerprint density at radius 3 is 2.27 bits per heavy atom. The third-order valence-corrected chi connectivity index (χ3v) is 5.32. The smallest absolute Gasteiger partial charge is 0.0505 e. The number of aryl methyl sites for hydroxylation is 1. The molecule has 3 heteroatoms. The molecular weight excluding hydrogens is 307 g/mol. The molecule has 0 fully saturated rings. The van der Waals surface area contributed by atoms with Gasteiger partial charge in [0.05, 0.1) is 6.61 Å². The number of rotatable bonds is 6. The molecule has 3 aromatic rings. The van der Waals surface area contributed by atoms with Crippen LogP contribution < -0.4 is 0 Å². The van der Waals surface area contributed by atoms with Crippen LogP contribution in [0.4, 0.5) is 0 Å². The predicted molar refractivity (Wildman–Crippen MR) is 102 cm³/mol. The maximum atomic E-state index is 5.06. The lowest BCUT2D eigenvalue weighted by molar-refractivity contribution is 0.363. The Morgan fingerprint density at radius 1 is 1.00 bits per heavy atom. The maximum absolute atomic E-state index is 5.06. The summed E-state index contributed by atoms with van der Waals surface area (Å²) in [4.78, 5) is 0. The average molecular weight is 330 g/mol. The van der Waals surface area contributed by atoms with E-state index in [-0.39, 0.29) is 0 Å². The van der Waals surface area contributed by atoms with Crippen LogP contribution in [0.2, 0.25) is 0 Å². The zero-order valence-electron chi connectivity index (χ0n) is 13.3. The second kappa shape index (κ2) is 7.08. The highest BCUT2D eigenvalue weighted by Gasteiger charge is 2.07. The van der Waals surface area contributed by atoms with Gasteiger partial charge >= 0.3 is 0 Å². The molecule has 0 spiro atoms. The Balaban J connectivity index is 1.94. The molecule has 0 N–H and O–H groups in total. The third-order valence-electron chi connectivity index (χ3n) is 3.97. The van der Waals surface area contributed by atoms with Gasteiger partial charge in [0.15, 0.2) is 0 Å². The van der Waals surface area contributed by atoms with E-state index in [1.807, 2.05) is 11.3 Å². The van der Waals surface area contributed by atoms with Crippen LogP contribution in [0.5, 0.6) is 0 Å². The van der Waals surface area contributed by atoms with E-state index in [0.717, 1.165) is 25.9 Å². The number of hydrogen-bond donors (Lipinski definition) is 0. The number of thiophene rings is 1. The Kier molecular flexibility index (Phi) is 5.13. The first-order valence-electron chi connectivity index (χ1n) is 7.93. The average Bonchev–Trinajstić information content (AvgIpc) is 2.83. The molecule has 1 atom stereocenters. The molecule has 1 nitrogen and oxygen atoms in total. The van der Waals surface area contributed by atoms with Gasteiger partial charge in [0.2, 0.25) is 0 Å². The molecule has 0 saturated carbocycles. The number of fused-ring (bicyclic) bond motifs is 3. The second-order valence-electron chi connectivity index (χ2n) is 6.34. The van der Waals surface area contributed by atoms with Crippen molar-refractivity contribution in [1.82, 2.24) is 0 Å². The van der Waals surface area contributed by atoms with Crippen LogP contribution in [0.1, 0.15) is 31.4 Å². The van der Waals surface area contributed by atoms with Gasteiger partial charge in [0.1, 0.15) is 0 Å². The van der Waals surface area contributed by atoms with Crippen LogP contribution in [0, 0.1) is 5.92 Å². The predicted octanol–water partition coefficient (Wildman–Crippen LogP) is 5.99. The van der Waals surface area contributed by atoms with Crippen molar-refractivity contribution < 1.29 is 4.52 Å². The summed E-state index contributed by atoms with van der Waals surface area (Å²) >= 11 is 1.92. The first-order valence-corrected chi connectivity index (χ1v) is 9.22. The van der Waals surface area contributed by atoms with E-state index in [1.54, 1.807) is 0 Å². The fraction of sp³-hybridized carbons (Fsp3) is 0.368. The van der Waals surface area contributed by atoms with Crippen LogP contribution in [0.3, 0.4) is 0 Å². The van der Waals surface area contributed by atoms with Crippen molar-refractivity contribution in [2.45, 2.75) is 33.1 Å². The van der Waals surface area contributed by atoms with Gasteiger partial charge < -0.3 is 4.52 Å². The van der Waals surface area contributed by atoms with Crippen molar-refractivity contribution in [2.24, 2.45) is 5.92 Å². The lowest BCUT2D eigenvalue weighted by Crippen LogP contribution is -1.92. The van der Waals surface area contributed by atoms with Crippen molar-refractivity contribution in [2.75, 3.05) is 6.61 Å². The minimum atomic E-state index is 0.706. The van der Waals surface area contributed by atoms with E-state index in [2.05, 4.69) is 59.7 Å². The number of benzene rings is 2. The molecule has 0 aliphatic rings. The molecule has 116 valence electrons. The first-order chi connectivity index (χ1) is 10.7. The highest BCUT2D eigenvalue weighted by Crippen LogP contribution is 2.35. The van der Waals surface area contributed by atoms with Crippen LogP contribution in [-0.2, 0) is 17.4 Å². The molecule has 3 rings (SSSR count). The highest BCUT2D eigenvalue weighted by atomic mass is 32.1. The van der Waals surface area contributed by atoms with Crippen molar-refractivity contribution in [3.63, 3.8) is 0 Å². The Labute approximate surface area is 139 Å². The van der Waals surface area contributed by atoms with E-state index in [1.165, 1.54) is 31.3 Å². The van der Waals surface area contributed by atoms with Crippen LogP contribution in [-0.4, -0.2) is 6.61 Å². The summed E-state index contributed by atoms with van der Waals surface area (Å²) in [7, 11) is 2.32. The molecule has 1 unspecified atom stereocenters. The largest absolute Gasteiger partial charge is 0.366 e. The maximum Gasteiger partial charge on any atom is 0.0505 e. The fourth-order valence-electron chi connectivity index (χ4n) is 2.98. The summed E-state index contributed by atoms with van der Waals surface area (Å²) in [5, 5.41) is 2.79. The fourth-order valence-corrected chi connectivity index (χ4v) is 4.38. The minimum Gasteiger partial charge on any atom is -0.366 e. The molecule has 0 aliphatic heterocycles. The summed E-state index contributed by atoms with van der Waals surface area (Å²) in [5.41, 5.74) is 2.86. The first kappa shape index (κ1) is 15.9. The molecule has 0 amide bonds. The molecule has 2 aromatic carbocycles. The second-order valence-corrected chi connectivity index (χ2v) is 7.75. The van der Waals surface area contributed by atoms with Crippen molar-refractivity contribution in [1.29, 1.82) is 0 Å². The lowest BCUT2D eigenvalue weighted by Gasteiger charge is -2.04. The summed E-state index contributed by atoms with van der Waals surface area (Å²) in [5.74, 6) is 0.706. The van der Waals surface area contributed by atoms with Crippen LogP contribution >= 0.6 is 20.8 Å². The molecule has 0 saturated heterocycles. The topological polar surface area (TPSA) is 9.23 Å². The molecule has 22 heavy (non-hydrogen) atoms. The summed E-state index contributed by atoms with van der Waals surface area (Å²) in [6.45, 7) is 5.35. The zero-order chi connectivity index (χ0) is 15.5. The van der Waals surface area contributed by atoms with Gasteiger partial charge in [0.25, 0.3) is 0 Å². The van der Waals surface area contributed by atoms with E-state index >= 15 is 0 Å². The molecular formula is C19H23OPS. The van der Waals surface area contributed by atoms with Gasteiger partial charge in [-0.15, -0.1) is 11.3 Å². The van der Waals surface area contributed by atoms with E-state index in [4.69, 9.17) is 4.52 Å². The lowest BCUT2D eigenvalue weighted by atomic mass is 10.0. The molecule has 0 bridgehead atoms. The Bertz CT molecular complexity index is 776. The molecule has 1 heterocycles. The van der Waals surface area contributed by atoms with Gasteiger partial charge in [-0.05, 0) is 48.4 Å². The van der Waals surface area contributed by atoms with Crippen LogP contribution in [0.15, 0.2) is 36.4 Å². The molecule has 0 radical (unpaired) electrons. The van der Waals surface area contributed by atoms with Gasteiger partial charge in [-0.3, -0.25) is 0 Å². The molecule has 1 aromatic heterocycles. The number of hydrogen-bond acceptors (Lipinski definition) is 2. The molecule has 0 aliphatic carbocycles. The SMILES string of the molecule is CC(C)Cc1ccc2c(c1)sc1cc(CCCOP)ccc12. The van der Waals surface area contributed by atoms with Crippen molar-refractivity contribution in [3.05, 3.63) is 47.5 Å². The van der Waals surface area contributed by atoms with Crippen molar-refractivity contribution >= 4 is 41.0 Å². The van der Waals surface area contributed by atoms with Gasteiger partial charge in [-0.25, -0.2) is 0 Å². The summed E-state index contributed by atoms with van der Waals surface area (Å²) < 4.78 is 7.88. The van der Waals surface area contributed by atoms with E-state index in [0.29, 0.717) is 5.92 Å². The normalized spacial score (nSPS) is 11.8. The van der Waals surface area contributed by atoms with Crippen molar-refractivity contribution in [3.8, 4) is 0 Å². The third kappa shape index (κ3) is 3.51. The summed E-state index contributed by atoms with van der Waals surface area (Å²) in [6, 6.07) is 13.9. The highest BCUT2D eigenvalue weighted by molar-refractivity contribution is 7.25. The monoisotopic (exact) mass is 330 g/mol. The standard InChI is InChI=1S/C19H23OPS/c1-13(2)10-15-6-8-17-16-7-5-14(4-3-9-20-21)11-18(16)22-19(17)12-15/h5-8,11-13H,3-4,9-10,21H2,1-2H3. The quantitative estimate of drug-likeness (QED) is 0.398. The minimum absolute atomic E-state index is 0.706. The van der Waals surface area contributed by atoms with Gasteiger partial charge in [-0.2, -0.15) is 0 Å². The Morgan fingerprint density at radius 2 is 1.64 bits per heavy atom. The Hall–Kier alpha value is -0.950. The zero-order valence-corrected chi connectivity index (χ0v) is 15.2. The van der Waals surface area contributed by atoms with Gasteiger partial charge in [-0.1, -0.05) is 38.1 Å². The van der Waals surface area contributed by atoms with Gasteiger partial charge in [0, 0.05) is 29.6 Å². The van der Waals surface area contributed by atoms with E-state index < -0.39 is 0 Å². The van der Waals surface area contributed by atoms with Crippen LogP contribution in [0.25, 0.3) is 20.2 Å². The summed E-state index contributed by atoms with van der Waals surface area (Å²) in [6.07, 6.45) is 3.31. The van der Waals surface area contributed by atoms with E-state index in [9.17, 15) is 0 Å².